The van der Waals surface area contributed by atoms with Crippen molar-refractivity contribution in [2.45, 2.75) is 45.4 Å². The molecule has 1 aromatic rings. The maximum absolute atomic E-state index is 5.98. The van der Waals surface area contributed by atoms with Gasteiger partial charge in [-0.05, 0) is 49.7 Å². The Hall–Kier alpha value is -1.45. The van der Waals surface area contributed by atoms with Crippen molar-refractivity contribution in [3.05, 3.63) is 12.1 Å². The van der Waals surface area contributed by atoms with E-state index in [2.05, 4.69) is 16.8 Å². The summed E-state index contributed by atoms with van der Waals surface area (Å²) >= 11 is 0. The van der Waals surface area contributed by atoms with Crippen molar-refractivity contribution in [3.8, 4) is 5.88 Å². The van der Waals surface area contributed by atoms with Crippen LogP contribution in [0.25, 0.3) is 0 Å². The highest BCUT2D eigenvalue weighted by molar-refractivity contribution is 5.54. The molecule has 21 heavy (non-hydrogen) atoms. The van der Waals surface area contributed by atoms with Crippen LogP contribution in [0.5, 0.6) is 5.88 Å². The molecular weight excluding hydrogens is 262 g/mol. The normalized spacial score (nSPS) is 19.8. The lowest BCUT2D eigenvalue weighted by Gasteiger charge is -2.33. The van der Waals surface area contributed by atoms with Gasteiger partial charge in [-0.2, -0.15) is 4.98 Å². The van der Waals surface area contributed by atoms with Crippen molar-refractivity contribution >= 4 is 11.5 Å². The molecule has 116 valence electrons. The highest BCUT2D eigenvalue weighted by Crippen LogP contribution is 2.32. The Labute approximate surface area is 127 Å². The van der Waals surface area contributed by atoms with Crippen LogP contribution in [0.15, 0.2) is 12.1 Å². The molecule has 4 nitrogen and oxygen atoms in total. The zero-order valence-electron chi connectivity index (χ0n) is 13.1. The molecule has 3 rings (SSSR count). The summed E-state index contributed by atoms with van der Waals surface area (Å²) < 4.78 is 5.79. The van der Waals surface area contributed by atoms with E-state index in [1.807, 2.05) is 12.1 Å². The summed E-state index contributed by atoms with van der Waals surface area (Å²) in [5.74, 6) is 3.25. The Morgan fingerprint density at radius 2 is 1.95 bits per heavy atom. The number of pyridine rings is 1. The minimum absolute atomic E-state index is 0.620. The van der Waals surface area contributed by atoms with Gasteiger partial charge in [0.05, 0.1) is 12.3 Å². The Morgan fingerprint density at radius 1 is 1.19 bits per heavy atom. The number of nitrogen functional groups attached to an aromatic ring is 1. The first-order valence-corrected chi connectivity index (χ1v) is 8.40. The van der Waals surface area contributed by atoms with E-state index in [1.165, 1.54) is 38.5 Å². The molecule has 2 N–H and O–H groups in total. The second-order valence-corrected chi connectivity index (χ2v) is 6.54. The highest BCUT2D eigenvalue weighted by atomic mass is 16.5. The second kappa shape index (κ2) is 6.54. The maximum Gasteiger partial charge on any atom is 0.239 e. The van der Waals surface area contributed by atoms with Gasteiger partial charge in [-0.15, -0.1) is 0 Å². The van der Waals surface area contributed by atoms with Gasteiger partial charge < -0.3 is 15.4 Å². The average Bonchev–Trinajstić information content (AvgIpc) is 3.32. The molecule has 2 fully saturated rings. The van der Waals surface area contributed by atoms with Gasteiger partial charge in [0.1, 0.15) is 5.82 Å². The number of piperidine rings is 1. The molecule has 4 heteroatoms. The van der Waals surface area contributed by atoms with Crippen LogP contribution in [0.1, 0.15) is 45.4 Å². The SMILES string of the molecule is CCCC1CCN(c2ccc(N)c(OCC3CC3)n2)CC1. The maximum atomic E-state index is 5.98. The topological polar surface area (TPSA) is 51.4 Å². The Bertz CT molecular complexity index is 465. The van der Waals surface area contributed by atoms with E-state index in [9.17, 15) is 0 Å². The summed E-state index contributed by atoms with van der Waals surface area (Å²) in [5, 5.41) is 0. The van der Waals surface area contributed by atoms with Crippen LogP contribution in [0, 0.1) is 11.8 Å². The molecule has 0 bridgehead atoms. The first-order chi connectivity index (χ1) is 10.3. The third-order valence-corrected chi connectivity index (χ3v) is 4.66. The zero-order valence-corrected chi connectivity index (χ0v) is 13.1. The predicted octanol–water partition coefficient (Wildman–Crippen LogP) is 3.47. The number of aromatic nitrogens is 1. The number of ether oxygens (including phenoxy) is 1. The molecule has 0 spiro atoms. The third-order valence-electron chi connectivity index (χ3n) is 4.66. The Balaban J connectivity index is 1.60. The summed E-state index contributed by atoms with van der Waals surface area (Å²) in [6.07, 6.45) is 7.77. The van der Waals surface area contributed by atoms with Gasteiger partial charge in [0.15, 0.2) is 0 Å². The lowest BCUT2D eigenvalue weighted by atomic mass is 9.92. The predicted molar refractivity (Wildman–Crippen MR) is 86.7 cm³/mol. The molecule has 0 atom stereocenters. The van der Waals surface area contributed by atoms with Gasteiger partial charge in [0.2, 0.25) is 5.88 Å². The molecule has 1 saturated heterocycles. The standard InChI is InChI=1S/C17H27N3O/c1-2-3-13-8-10-20(11-9-13)16-7-6-15(18)17(19-16)21-12-14-4-5-14/h6-7,13-14H,2-5,8-12,18H2,1H3. The molecule has 0 radical (unpaired) electrons. The molecule has 1 aliphatic heterocycles. The number of hydrogen-bond donors (Lipinski definition) is 1. The van der Waals surface area contributed by atoms with Crippen LogP contribution in [0.2, 0.25) is 0 Å². The van der Waals surface area contributed by atoms with Crippen molar-refractivity contribution in [1.82, 2.24) is 4.98 Å². The van der Waals surface area contributed by atoms with Crippen LogP contribution in [-0.2, 0) is 0 Å². The summed E-state index contributed by atoms with van der Waals surface area (Å²) in [6.45, 7) is 5.24. The largest absolute Gasteiger partial charge is 0.476 e. The van der Waals surface area contributed by atoms with E-state index in [4.69, 9.17) is 10.5 Å². The molecule has 2 aliphatic rings. The summed E-state index contributed by atoms with van der Waals surface area (Å²) in [4.78, 5) is 7.02. The van der Waals surface area contributed by atoms with E-state index in [0.717, 1.165) is 37.4 Å². The smallest absolute Gasteiger partial charge is 0.239 e. The van der Waals surface area contributed by atoms with Gasteiger partial charge in [-0.3, -0.25) is 0 Å². The van der Waals surface area contributed by atoms with Gasteiger partial charge >= 0.3 is 0 Å². The van der Waals surface area contributed by atoms with Gasteiger partial charge in [0, 0.05) is 13.1 Å². The molecule has 0 unspecified atom stereocenters. The monoisotopic (exact) mass is 289 g/mol. The second-order valence-electron chi connectivity index (χ2n) is 6.54. The number of nitrogens with two attached hydrogens (primary N) is 1. The highest BCUT2D eigenvalue weighted by Gasteiger charge is 2.23. The first kappa shape index (κ1) is 14.5. The number of rotatable bonds is 6. The first-order valence-electron chi connectivity index (χ1n) is 8.40. The van der Waals surface area contributed by atoms with Crippen LogP contribution >= 0.6 is 0 Å². The van der Waals surface area contributed by atoms with E-state index in [0.29, 0.717) is 11.6 Å². The van der Waals surface area contributed by atoms with E-state index >= 15 is 0 Å². The summed E-state index contributed by atoms with van der Waals surface area (Å²) in [7, 11) is 0. The minimum Gasteiger partial charge on any atom is -0.476 e. The lowest BCUT2D eigenvalue weighted by Crippen LogP contribution is -2.34. The zero-order chi connectivity index (χ0) is 14.7. The molecular formula is C17H27N3O. The van der Waals surface area contributed by atoms with Crippen molar-refractivity contribution in [1.29, 1.82) is 0 Å². The quantitative estimate of drug-likeness (QED) is 0.871. The molecule has 1 saturated carbocycles. The molecule has 2 heterocycles. The Kier molecular flexibility index (Phi) is 4.51. The van der Waals surface area contributed by atoms with Crippen LogP contribution in [0.3, 0.4) is 0 Å². The number of nitrogens with zero attached hydrogens (tertiary/aromatic N) is 2. The fraction of sp³-hybridized carbons (Fsp3) is 0.706. The van der Waals surface area contributed by atoms with Crippen molar-refractivity contribution in [2.24, 2.45) is 11.8 Å². The van der Waals surface area contributed by atoms with Crippen LogP contribution < -0.4 is 15.4 Å². The molecule has 1 aliphatic carbocycles. The summed E-state index contributed by atoms with van der Waals surface area (Å²) in [5.41, 5.74) is 6.63. The van der Waals surface area contributed by atoms with Gasteiger partial charge in [-0.25, -0.2) is 0 Å². The summed E-state index contributed by atoms with van der Waals surface area (Å²) in [6, 6.07) is 3.96. The van der Waals surface area contributed by atoms with E-state index in [1.54, 1.807) is 0 Å². The van der Waals surface area contributed by atoms with E-state index < -0.39 is 0 Å². The minimum atomic E-state index is 0.620. The Morgan fingerprint density at radius 3 is 2.62 bits per heavy atom. The molecule has 0 aromatic carbocycles. The van der Waals surface area contributed by atoms with Crippen molar-refractivity contribution < 1.29 is 4.74 Å². The van der Waals surface area contributed by atoms with Crippen LogP contribution in [0.4, 0.5) is 11.5 Å². The van der Waals surface area contributed by atoms with Crippen LogP contribution in [-0.4, -0.2) is 24.7 Å². The molecule has 0 amide bonds. The van der Waals surface area contributed by atoms with Gasteiger partial charge in [0.25, 0.3) is 0 Å². The average molecular weight is 289 g/mol. The lowest BCUT2D eigenvalue weighted by molar-refractivity contribution is 0.290. The third kappa shape index (κ3) is 3.80. The fourth-order valence-corrected chi connectivity index (χ4v) is 3.07. The van der Waals surface area contributed by atoms with Crippen molar-refractivity contribution in [3.63, 3.8) is 0 Å². The number of hydrogen-bond acceptors (Lipinski definition) is 4. The van der Waals surface area contributed by atoms with E-state index in [-0.39, 0.29) is 0 Å². The number of anilines is 2. The van der Waals surface area contributed by atoms with Crippen molar-refractivity contribution in [2.75, 3.05) is 30.3 Å². The molecule has 1 aromatic heterocycles. The van der Waals surface area contributed by atoms with Gasteiger partial charge in [-0.1, -0.05) is 19.8 Å². The fourth-order valence-electron chi connectivity index (χ4n) is 3.07.